The molecule has 0 unspecified atom stereocenters. The SMILES string of the molecule is CCN=c1scc(-c2ccc3c(c2)NC(=O)CO3)n1N=Cc1ccc(O)c(O)c1O. The molecule has 0 saturated heterocycles. The van der Waals surface area contributed by atoms with Gasteiger partial charge in [-0.2, -0.15) is 5.10 Å². The molecule has 30 heavy (non-hydrogen) atoms. The molecule has 0 spiro atoms. The molecule has 0 radical (unpaired) electrons. The third-order valence-electron chi connectivity index (χ3n) is 4.36. The summed E-state index contributed by atoms with van der Waals surface area (Å²) in [7, 11) is 0. The molecule has 0 aliphatic carbocycles. The molecule has 9 nitrogen and oxygen atoms in total. The summed E-state index contributed by atoms with van der Waals surface area (Å²) >= 11 is 1.39. The number of aromatic nitrogens is 1. The summed E-state index contributed by atoms with van der Waals surface area (Å²) in [6.07, 6.45) is 1.36. The number of carbonyl (C=O) groups is 1. The molecule has 1 aromatic heterocycles. The summed E-state index contributed by atoms with van der Waals surface area (Å²) in [4.78, 5) is 16.7. The van der Waals surface area contributed by atoms with Gasteiger partial charge in [-0.25, -0.2) is 4.68 Å². The number of phenolic OH excluding ortho intramolecular Hbond substituents is 3. The van der Waals surface area contributed by atoms with Crippen molar-refractivity contribution < 1.29 is 24.9 Å². The first kappa shape index (κ1) is 19.5. The standard InChI is InChI=1S/C20H18N4O5S/c1-2-21-20-24(22-8-12-3-5-15(25)19(28)18(12)27)14(10-30-20)11-4-6-16-13(7-11)23-17(26)9-29-16/h3-8,10,25,27-28H,2,9H2,1H3,(H,23,26). The van der Waals surface area contributed by atoms with Crippen LogP contribution in [0.5, 0.6) is 23.0 Å². The van der Waals surface area contributed by atoms with Crippen molar-refractivity contribution in [1.82, 2.24) is 4.68 Å². The zero-order valence-electron chi connectivity index (χ0n) is 15.9. The molecule has 0 atom stereocenters. The number of aromatic hydroxyl groups is 3. The highest BCUT2D eigenvalue weighted by Crippen LogP contribution is 2.36. The lowest BCUT2D eigenvalue weighted by atomic mass is 10.1. The van der Waals surface area contributed by atoms with Crippen LogP contribution in [0.15, 0.2) is 45.8 Å². The van der Waals surface area contributed by atoms with E-state index in [1.54, 1.807) is 16.8 Å². The summed E-state index contributed by atoms with van der Waals surface area (Å²) in [5.41, 5.74) is 2.29. The molecule has 2 heterocycles. The van der Waals surface area contributed by atoms with Gasteiger partial charge < -0.3 is 25.4 Å². The molecule has 10 heteroatoms. The van der Waals surface area contributed by atoms with E-state index in [4.69, 9.17) is 4.74 Å². The Bertz CT molecular complexity index is 1230. The number of benzene rings is 2. The van der Waals surface area contributed by atoms with E-state index in [9.17, 15) is 20.1 Å². The van der Waals surface area contributed by atoms with Crippen molar-refractivity contribution in [2.45, 2.75) is 6.92 Å². The van der Waals surface area contributed by atoms with E-state index < -0.39 is 17.2 Å². The molecule has 1 amide bonds. The van der Waals surface area contributed by atoms with Crippen LogP contribution in [-0.4, -0.2) is 45.3 Å². The molecule has 0 bridgehead atoms. The summed E-state index contributed by atoms with van der Waals surface area (Å²) < 4.78 is 7.01. The quantitative estimate of drug-likeness (QED) is 0.376. The largest absolute Gasteiger partial charge is 0.504 e. The molecule has 154 valence electrons. The number of fused-ring (bicyclic) bond motifs is 1. The number of hydrogen-bond donors (Lipinski definition) is 4. The van der Waals surface area contributed by atoms with E-state index in [2.05, 4.69) is 15.4 Å². The van der Waals surface area contributed by atoms with Gasteiger partial charge in [0.2, 0.25) is 10.6 Å². The number of carbonyl (C=O) groups excluding carboxylic acids is 1. The normalized spacial score (nSPS) is 13.9. The fraction of sp³-hybridized carbons (Fsp3) is 0.150. The molecular formula is C20H18N4O5S. The van der Waals surface area contributed by atoms with Gasteiger partial charge in [-0.1, -0.05) is 0 Å². The Morgan fingerprint density at radius 2 is 2.07 bits per heavy atom. The van der Waals surface area contributed by atoms with Crippen LogP contribution in [0.3, 0.4) is 0 Å². The van der Waals surface area contributed by atoms with Crippen molar-refractivity contribution in [3.63, 3.8) is 0 Å². The minimum absolute atomic E-state index is 0.0163. The number of thiazole rings is 1. The van der Waals surface area contributed by atoms with Gasteiger partial charge in [-0.3, -0.25) is 9.79 Å². The maximum atomic E-state index is 11.6. The van der Waals surface area contributed by atoms with Gasteiger partial charge >= 0.3 is 0 Å². The fourth-order valence-corrected chi connectivity index (χ4v) is 3.81. The van der Waals surface area contributed by atoms with Crippen LogP contribution in [-0.2, 0) is 4.79 Å². The Morgan fingerprint density at radius 1 is 1.23 bits per heavy atom. The van der Waals surface area contributed by atoms with Crippen molar-refractivity contribution >= 4 is 29.1 Å². The minimum atomic E-state index is -0.613. The molecule has 2 aromatic carbocycles. The van der Waals surface area contributed by atoms with Gasteiger partial charge in [0.25, 0.3) is 5.91 Å². The van der Waals surface area contributed by atoms with E-state index in [1.807, 2.05) is 18.4 Å². The summed E-state index contributed by atoms with van der Waals surface area (Å²) in [5.74, 6) is -1.14. The van der Waals surface area contributed by atoms with Crippen LogP contribution >= 0.6 is 11.3 Å². The van der Waals surface area contributed by atoms with Crippen molar-refractivity contribution in [3.8, 4) is 34.3 Å². The lowest BCUT2D eigenvalue weighted by molar-refractivity contribution is -0.118. The number of amides is 1. The van der Waals surface area contributed by atoms with E-state index in [0.29, 0.717) is 28.5 Å². The predicted octanol–water partition coefficient (Wildman–Crippen LogP) is 2.47. The van der Waals surface area contributed by atoms with E-state index in [-0.39, 0.29) is 18.1 Å². The number of rotatable bonds is 4. The molecule has 1 aliphatic heterocycles. The fourth-order valence-electron chi connectivity index (χ4n) is 2.90. The molecule has 4 N–H and O–H groups in total. The highest BCUT2D eigenvalue weighted by Gasteiger charge is 2.18. The number of nitrogens with one attached hydrogen (secondary N) is 1. The third-order valence-corrected chi connectivity index (χ3v) is 5.21. The summed E-state index contributed by atoms with van der Waals surface area (Å²) in [6.45, 7) is 2.44. The van der Waals surface area contributed by atoms with Crippen LogP contribution < -0.4 is 14.9 Å². The third kappa shape index (κ3) is 3.60. The van der Waals surface area contributed by atoms with Gasteiger partial charge in [0.05, 0.1) is 17.6 Å². The molecule has 3 aromatic rings. The number of ether oxygens (including phenoxy) is 1. The monoisotopic (exact) mass is 426 g/mol. The zero-order valence-corrected chi connectivity index (χ0v) is 16.7. The van der Waals surface area contributed by atoms with E-state index in [1.165, 1.54) is 29.7 Å². The minimum Gasteiger partial charge on any atom is -0.504 e. The second kappa shape index (κ2) is 7.91. The average molecular weight is 426 g/mol. The van der Waals surface area contributed by atoms with Crippen molar-refractivity contribution in [2.24, 2.45) is 10.1 Å². The molecule has 1 aliphatic rings. The van der Waals surface area contributed by atoms with Crippen molar-refractivity contribution in [2.75, 3.05) is 18.5 Å². The molecule has 0 saturated carbocycles. The lowest BCUT2D eigenvalue weighted by Crippen LogP contribution is -2.25. The summed E-state index contributed by atoms with van der Waals surface area (Å²) in [5, 5.41) is 38.3. The van der Waals surface area contributed by atoms with Gasteiger partial charge in [0.15, 0.2) is 18.1 Å². The van der Waals surface area contributed by atoms with Crippen molar-refractivity contribution in [1.29, 1.82) is 0 Å². The predicted molar refractivity (Wildman–Crippen MR) is 112 cm³/mol. The molecule has 0 fully saturated rings. The van der Waals surface area contributed by atoms with E-state index >= 15 is 0 Å². The number of nitrogens with zero attached hydrogens (tertiary/aromatic N) is 3. The second-order valence-corrected chi connectivity index (χ2v) is 7.19. The number of phenols is 3. The van der Waals surface area contributed by atoms with Crippen LogP contribution in [0, 0.1) is 0 Å². The first-order chi connectivity index (χ1) is 14.5. The van der Waals surface area contributed by atoms with Crippen LogP contribution in [0.25, 0.3) is 11.3 Å². The van der Waals surface area contributed by atoms with Gasteiger partial charge in [-0.05, 0) is 37.3 Å². The highest BCUT2D eigenvalue weighted by molar-refractivity contribution is 7.07. The number of hydrogen-bond acceptors (Lipinski definition) is 8. The Hall–Kier alpha value is -3.79. The lowest BCUT2D eigenvalue weighted by Gasteiger charge is -2.18. The molecule has 4 rings (SSSR count). The van der Waals surface area contributed by atoms with Gasteiger partial charge in [0.1, 0.15) is 5.75 Å². The van der Waals surface area contributed by atoms with Crippen LogP contribution in [0.2, 0.25) is 0 Å². The highest BCUT2D eigenvalue weighted by atomic mass is 32.1. The second-order valence-electron chi connectivity index (χ2n) is 6.35. The maximum absolute atomic E-state index is 11.6. The van der Waals surface area contributed by atoms with Crippen molar-refractivity contribution in [3.05, 3.63) is 46.1 Å². The first-order valence-corrected chi connectivity index (χ1v) is 9.92. The average Bonchev–Trinajstić information content (AvgIpc) is 3.14. The van der Waals surface area contributed by atoms with Crippen LogP contribution in [0.4, 0.5) is 5.69 Å². The smallest absolute Gasteiger partial charge is 0.262 e. The van der Waals surface area contributed by atoms with E-state index in [0.717, 1.165) is 5.56 Å². The maximum Gasteiger partial charge on any atom is 0.262 e. The zero-order chi connectivity index (χ0) is 21.3. The topological polar surface area (TPSA) is 129 Å². The van der Waals surface area contributed by atoms with Gasteiger partial charge in [-0.15, -0.1) is 11.3 Å². The summed E-state index contributed by atoms with van der Waals surface area (Å²) in [6, 6.07) is 8.11. The Morgan fingerprint density at radius 3 is 2.87 bits per heavy atom. The Labute approximate surface area is 174 Å². The Balaban J connectivity index is 1.79. The first-order valence-electron chi connectivity index (χ1n) is 9.04. The van der Waals surface area contributed by atoms with Crippen LogP contribution in [0.1, 0.15) is 12.5 Å². The number of anilines is 1. The Kier molecular flexibility index (Phi) is 5.15. The molecular weight excluding hydrogens is 408 g/mol. The van der Waals surface area contributed by atoms with Gasteiger partial charge in [0, 0.05) is 23.1 Å².